The van der Waals surface area contributed by atoms with Crippen LogP contribution >= 0.6 is 11.8 Å². The number of carboxylic acids is 3. The van der Waals surface area contributed by atoms with Crippen LogP contribution < -0.4 is 5.73 Å². The maximum atomic E-state index is 10.5. The lowest BCUT2D eigenvalue weighted by molar-refractivity contribution is -0.142. The van der Waals surface area contributed by atoms with Crippen molar-refractivity contribution < 1.29 is 35.2 Å². The van der Waals surface area contributed by atoms with Crippen LogP contribution in [0.4, 0.5) is 0 Å². The lowest BCUT2D eigenvalue weighted by atomic mass is 10.3. The standard InChI is InChI=1S/C7H11NO6S.H2O/c8-3(6(11)12)2-15-4(7(13)14)1-5(9)10;/h3-4H,1-2,8H2,(H,9,10)(H,11,12)(H,13,14);1H2/t3-,4?;/m0./s1. The van der Waals surface area contributed by atoms with Crippen LogP contribution in [0, 0.1) is 0 Å². The van der Waals surface area contributed by atoms with Crippen molar-refractivity contribution in [2.45, 2.75) is 17.7 Å². The van der Waals surface area contributed by atoms with Gasteiger partial charge in [-0.3, -0.25) is 14.4 Å². The van der Waals surface area contributed by atoms with Crippen LogP contribution in [0.3, 0.4) is 0 Å². The van der Waals surface area contributed by atoms with Crippen molar-refractivity contribution in [1.82, 2.24) is 0 Å². The first-order valence-corrected chi connectivity index (χ1v) is 4.94. The smallest absolute Gasteiger partial charge is 0.321 e. The molecule has 0 saturated heterocycles. The summed E-state index contributed by atoms with van der Waals surface area (Å²) in [5.74, 6) is -3.93. The lowest BCUT2D eigenvalue weighted by Crippen LogP contribution is -2.34. The van der Waals surface area contributed by atoms with Gasteiger partial charge in [0.25, 0.3) is 0 Å². The number of aliphatic carboxylic acids is 3. The number of carbonyl (C=O) groups is 3. The Morgan fingerprint density at radius 1 is 1.12 bits per heavy atom. The van der Waals surface area contributed by atoms with E-state index in [4.69, 9.17) is 21.1 Å². The number of nitrogens with two attached hydrogens (primary N) is 1. The van der Waals surface area contributed by atoms with Gasteiger partial charge in [0.05, 0.1) is 6.42 Å². The molecule has 94 valence electrons. The van der Waals surface area contributed by atoms with Crippen molar-refractivity contribution in [3.63, 3.8) is 0 Å². The van der Waals surface area contributed by atoms with Gasteiger partial charge >= 0.3 is 17.9 Å². The van der Waals surface area contributed by atoms with Gasteiger partial charge in [-0.15, -0.1) is 11.8 Å². The van der Waals surface area contributed by atoms with Crippen LogP contribution in [-0.2, 0) is 14.4 Å². The van der Waals surface area contributed by atoms with Gasteiger partial charge in [0.15, 0.2) is 0 Å². The summed E-state index contributed by atoms with van der Waals surface area (Å²) in [6.45, 7) is 0. The zero-order valence-electron chi connectivity index (χ0n) is 8.12. The molecule has 0 aliphatic carbocycles. The molecule has 0 aromatic rings. The fourth-order valence-corrected chi connectivity index (χ4v) is 1.65. The third-order valence-corrected chi connectivity index (χ3v) is 2.75. The second kappa shape index (κ2) is 7.91. The number of hydrogen-bond donors (Lipinski definition) is 4. The van der Waals surface area contributed by atoms with Crippen LogP contribution in [0.2, 0.25) is 0 Å². The highest BCUT2D eigenvalue weighted by molar-refractivity contribution is 8.00. The molecule has 0 aliphatic heterocycles. The van der Waals surface area contributed by atoms with Gasteiger partial charge in [0, 0.05) is 5.75 Å². The van der Waals surface area contributed by atoms with Gasteiger partial charge in [0.1, 0.15) is 11.3 Å². The Bertz CT molecular complexity index is 269. The monoisotopic (exact) mass is 255 g/mol. The van der Waals surface area contributed by atoms with Crippen LogP contribution in [0.25, 0.3) is 0 Å². The van der Waals surface area contributed by atoms with Crippen molar-refractivity contribution in [1.29, 1.82) is 0 Å². The predicted octanol–water partition coefficient (Wildman–Crippen LogP) is -1.77. The molecule has 0 aliphatic rings. The van der Waals surface area contributed by atoms with E-state index in [9.17, 15) is 14.4 Å². The molecule has 9 heteroatoms. The second-order valence-corrected chi connectivity index (χ2v) is 3.94. The van der Waals surface area contributed by atoms with Crippen LogP contribution in [-0.4, -0.2) is 55.7 Å². The summed E-state index contributed by atoms with van der Waals surface area (Å²) in [5, 5.41) is 24.2. The van der Waals surface area contributed by atoms with Crippen molar-refractivity contribution in [2.24, 2.45) is 5.73 Å². The molecule has 0 amide bonds. The molecular formula is C7H13NO7S. The van der Waals surface area contributed by atoms with Crippen LogP contribution in [0.15, 0.2) is 0 Å². The van der Waals surface area contributed by atoms with Crippen LogP contribution in [0.1, 0.15) is 6.42 Å². The zero-order chi connectivity index (χ0) is 12.0. The van der Waals surface area contributed by atoms with E-state index in [0.29, 0.717) is 11.8 Å². The normalized spacial score (nSPS) is 13.3. The Kier molecular flexibility index (Phi) is 8.44. The minimum Gasteiger partial charge on any atom is -0.481 e. The molecule has 0 radical (unpaired) electrons. The van der Waals surface area contributed by atoms with Gasteiger partial charge in [-0.25, -0.2) is 0 Å². The van der Waals surface area contributed by atoms with Crippen molar-refractivity contribution in [3.8, 4) is 0 Å². The topological polar surface area (TPSA) is 169 Å². The Labute approximate surface area is 94.7 Å². The van der Waals surface area contributed by atoms with E-state index in [1.165, 1.54) is 0 Å². The van der Waals surface area contributed by atoms with Crippen molar-refractivity contribution in [2.75, 3.05) is 5.75 Å². The average Bonchev–Trinajstić information content (AvgIpc) is 2.10. The summed E-state index contributed by atoms with van der Waals surface area (Å²) < 4.78 is 0. The SMILES string of the molecule is N[C@@H](CSC(CC(=O)O)C(=O)O)C(=O)O.O. The Morgan fingerprint density at radius 3 is 1.94 bits per heavy atom. The van der Waals surface area contributed by atoms with Gasteiger partial charge in [-0.05, 0) is 0 Å². The maximum absolute atomic E-state index is 10.5. The predicted molar refractivity (Wildman–Crippen MR) is 55.4 cm³/mol. The fraction of sp³-hybridized carbons (Fsp3) is 0.571. The first-order chi connectivity index (χ1) is 6.84. The summed E-state index contributed by atoms with van der Waals surface area (Å²) in [6.07, 6.45) is -0.563. The van der Waals surface area contributed by atoms with Gasteiger partial charge in [0.2, 0.25) is 0 Å². The summed E-state index contributed by atoms with van der Waals surface area (Å²) in [4.78, 5) is 31.1. The molecule has 1 unspecified atom stereocenters. The largest absolute Gasteiger partial charge is 0.481 e. The molecular weight excluding hydrogens is 242 g/mol. The number of carboxylic acid groups (broad SMARTS) is 3. The van der Waals surface area contributed by atoms with Gasteiger partial charge in [-0.1, -0.05) is 0 Å². The molecule has 0 heterocycles. The molecule has 7 N–H and O–H groups in total. The molecule has 0 fully saturated rings. The summed E-state index contributed by atoms with van der Waals surface area (Å²) >= 11 is 0.708. The zero-order valence-corrected chi connectivity index (χ0v) is 8.94. The van der Waals surface area contributed by atoms with E-state index < -0.39 is 35.6 Å². The summed E-state index contributed by atoms with van der Waals surface area (Å²) in [6, 6.07) is -1.19. The van der Waals surface area contributed by atoms with Gasteiger partial charge < -0.3 is 26.5 Å². The van der Waals surface area contributed by atoms with Crippen LogP contribution in [0.5, 0.6) is 0 Å². The molecule has 0 rings (SSSR count). The summed E-state index contributed by atoms with van der Waals surface area (Å²) in [7, 11) is 0. The van der Waals surface area contributed by atoms with Crippen molar-refractivity contribution >= 4 is 29.7 Å². The van der Waals surface area contributed by atoms with E-state index in [1.54, 1.807) is 0 Å². The molecule has 0 aromatic carbocycles. The highest BCUT2D eigenvalue weighted by atomic mass is 32.2. The van der Waals surface area contributed by atoms with E-state index in [2.05, 4.69) is 0 Å². The van der Waals surface area contributed by atoms with Gasteiger partial charge in [-0.2, -0.15) is 0 Å². The lowest BCUT2D eigenvalue weighted by Gasteiger charge is -2.11. The highest BCUT2D eigenvalue weighted by Crippen LogP contribution is 2.15. The quantitative estimate of drug-likeness (QED) is 0.414. The number of hydrogen-bond acceptors (Lipinski definition) is 5. The Hall–Kier alpha value is -1.32. The Balaban J connectivity index is 0. The average molecular weight is 255 g/mol. The maximum Gasteiger partial charge on any atom is 0.321 e. The molecule has 0 saturated carbocycles. The fourth-order valence-electron chi connectivity index (χ4n) is 0.667. The molecule has 0 spiro atoms. The molecule has 8 nitrogen and oxygen atoms in total. The third kappa shape index (κ3) is 7.04. The van der Waals surface area contributed by atoms with E-state index >= 15 is 0 Å². The van der Waals surface area contributed by atoms with E-state index in [0.717, 1.165) is 0 Å². The number of rotatable bonds is 7. The highest BCUT2D eigenvalue weighted by Gasteiger charge is 2.23. The third-order valence-electron chi connectivity index (χ3n) is 1.43. The first kappa shape index (κ1) is 17.1. The second-order valence-electron chi connectivity index (χ2n) is 2.70. The van der Waals surface area contributed by atoms with E-state index in [1.807, 2.05) is 0 Å². The summed E-state index contributed by atoms with van der Waals surface area (Å²) in [5.41, 5.74) is 5.13. The minimum absolute atomic E-state index is 0. The Morgan fingerprint density at radius 2 is 1.62 bits per heavy atom. The van der Waals surface area contributed by atoms with Crippen molar-refractivity contribution in [3.05, 3.63) is 0 Å². The molecule has 0 aromatic heterocycles. The number of thioether (sulfide) groups is 1. The molecule has 16 heavy (non-hydrogen) atoms. The van der Waals surface area contributed by atoms with E-state index in [-0.39, 0.29) is 11.2 Å². The minimum atomic E-state index is -1.29. The molecule has 2 atom stereocenters. The first-order valence-electron chi connectivity index (χ1n) is 3.89. The molecule has 0 bridgehead atoms.